The third kappa shape index (κ3) is 6.13. The third-order valence-electron chi connectivity index (χ3n) is 13.0. The van der Waals surface area contributed by atoms with E-state index in [9.17, 15) is 0 Å². The highest BCUT2D eigenvalue weighted by Gasteiger charge is 2.46. The summed E-state index contributed by atoms with van der Waals surface area (Å²) >= 11 is 14.0. The Morgan fingerprint density at radius 3 is 1.58 bits per heavy atom. The van der Waals surface area contributed by atoms with Gasteiger partial charge in [0.25, 0.3) is 0 Å². The number of benzene rings is 6. The average molecular weight is 850 g/mol. The first-order valence-corrected chi connectivity index (χ1v) is 27.1. The van der Waals surface area contributed by atoms with E-state index in [-0.39, 0.29) is 10.8 Å². The maximum atomic E-state index is 7.17. The van der Waals surface area contributed by atoms with Crippen LogP contribution in [0, 0.1) is 20.8 Å². The predicted octanol–water partition coefficient (Wildman–Crippen LogP) is 12.8. The minimum absolute atomic E-state index is 0.0500. The predicted molar refractivity (Wildman–Crippen MR) is 268 cm³/mol. The van der Waals surface area contributed by atoms with Crippen LogP contribution in [-0.4, -0.2) is 29.0 Å². The van der Waals surface area contributed by atoms with Crippen molar-refractivity contribution < 1.29 is 0 Å². The van der Waals surface area contributed by atoms with Gasteiger partial charge in [0.15, 0.2) is 0 Å². The smallest absolute Gasteiger partial charge is 0.0751 e. The van der Waals surface area contributed by atoms with Crippen molar-refractivity contribution in [2.45, 2.75) is 87.0 Å². The van der Waals surface area contributed by atoms with Crippen LogP contribution >= 0.6 is 12.2 Å². The summed E-state index contributed by atoms with van der Waals surface area (Å²) in [5.74, 6) is 0. The fourth-order valence-electron chi connectivity index (χ4n) is 9.64. The van der Waals surface area contributed by atoms with Gasteiger partial charge >= 0.3 is 0 Å². The number of anilines is 3. The standard InChI is InChI=1S/C52H57N3P2S2/c1-13-53(14-2)57(59)47-26-33(4)16-21-45(47)55-44-20-15-32(3)25-46(44)56(12,58)48-28-36(29-49(57)50(48)55)35-17-22-41(34(5)27-35)54-42-23-18-37(51(6,7)8)30-39(42)40-31-38(52(9,10)11)19-24-43(40)54/h15-31H,13-14H2,1-12H3. The van der Waals surface area contributed by atoms with Crippen LogP contribution in [0.1, 0.15) is 83.2 Å². The summed E-state index contributed by atoms with van der Waals surface area (Å²) in [4.78, 5) is 2.52. The van der Waals surface area contributed by atoms with Crippen LogP contribution in [0.4, 0.5) is 17.1 Å². The normalized spacial score (nSPS) is 18.7. The third-order valence-corrected chi connectivity index (χ3v) is 22.0. The molecule has 59 heavy (non-hydrogen) atoms. The Morgan fingerprint density at radius 2 is 1.05 bits per heavy atom. The lowest BCUT2D eigenvalue weighted by atomic mass is 9.85. The van der Waals surface area contributed by atoms with E-state index in [1.165, 1.54) is 105 Å². The van der Waals surface area contributed by atoms with Crippen molar-refractivity contribution in [3.8, 4) is 16.8 Å². The van der Waals surface area contributed by atoms with Crippen molar-refractivity contribution in [1.82, 2.24) is 9.24 Å². The summed E-state index contributed by atoms with van der Waals surface area (Å²) < 4.78 is 5.07. The Labute approximate surface area is 362 Å². The van der Waals surface area contributed by atoms with Gasteiger partial charge in [0.1, 0.15) is 0 Å². The first kappa shape index (κ1) is 40.6. The summed E-state index contributed by atoms with van der Waals surface area (Å²) in [6, 6.07) is 37.8. The number of nitrogens with zero attached hydrogens (tertiary/aromatic N) is 3. The lowest BCUT2D eigenvalue weighted by molar-refractivity contribution is 0.513. The molecule has 0 N–H and O–H groups in total. The van der Waals surface area contributed by atoms with Crippen molar-refractivity contribution in [2.75, 3.05) is 24.7 Å². The van der Waals surface area contributed by atoms with E-state index < -0.39 is 12.2 Å². The van der Waals surface area contributed by atoms with Crippen LogP contribution < -0.4 is 26.1 Å². The van der Waals surface area contributed by atoms with Crippen molar-refractivity contribution in [3.05, 3.63) is 131 Å². The molecule has 302 valence electrons. The maximum Gasteiger partial charge on any atom is 0.0751 e. The molecule has 0 saturated carbocycles. The van der Waals surface area contributed by atoms with E-state index in [1.807, 2.05) is 0 Å². The van der Waals surface area contributed by atoms with Gasteiger partial charge in [-0.2, -0.15) is 0 Å². The second-order valence-electron chi connectivity index (χ2n) is 19.1. The molecule has 2 unspecified atom stereocenters. The van der Waals surface area contributed by atoms with Crippen LogP contribution in [0.25, 0.3) is 38.6 Å². The Morgan fingerprint density at radius 1 is 0.542 bits per heavy atom. The fraction of sp³-hybridized carbons (Fsp3) is 0.308. The molecule has 1 aromatic heterocycles. The summed E-state index contributed by atoms with van der Waals surface area (Å²) in [6.07, 6.45) is -2.46. The van der Waals surface area contributed by atoms with Crippen LogP contribution in [0.15, 0.2) is 103 Å². The quantitative estimate of drug-likeness (QED) is 0.160. The topological polar surface area (TPSA) is 11.4 Å². The molecule has 3 heterocycles. The molecular formula is C52H57N3P2S2. The van der Waals surface area contributed by atoms with E-state index in [4.69, 9.17) is 23.6 Å². The highest BCUT2D eigenvalue weighted by Crippen LogP contribution is 2.62. The van der Waals surface area contributed by atoms with Gasteiger partial charge in [0.2, 0.25) is 0 Å². The molecule has 6 aromatic carbocycles. The average Bonchev–Trinajstić information content (AvgIpc) is 3.50. The zero-order valence-electron chi connectivity index (χ0n) is 36.8. The molecule has 3 nitrogen and oxygen atoms in total. The molecule has 9 rings (SSSR count). The zero-order chi connectivity index (χ0) is 42.1. The lowest BCUT2D eigenvalue weighted by Gasteiger charge is -2.48. The van der Waals surface area contributed by atoms with Crippen LogP contribution in [0.5, 0.6) is 0 Å². The molecule has 0 fully saturated rings. The summed E-state index contributed by atoms with van der Waals surface area (Å²) in [7, 11) is 0. The van der Waals surface area contributed by atoms with Crippen molar-refractivity contribution in [2.24, 2.45) is 0 Å². The summed E-state index contributed by atoms with van der Waals surface area (Å²) in [5, 5.41) is 7.74. The lowest BCUT2D eigenvalue weighted by Crippen LogP contribution is -2.45. The molecule has 7 heteroatoms. The van der Waals surface area contributed by atoms with Crippen LogP contribution in [0.3, 0.4) is 0 Å². The van der Waals surface area contributed by atoms with Gasteiger partial charge in [-0.25, -0.2) is 0 Å². The van der Waals surface area contributed by atoms with E-state index in [2.05, 4.69) is 200 Å². The van der Waals surface area contributed by atoms with Crippen molar-refractivity contribution in [3.63, 3.8) is 0 Å². The van der Waals surface area contributed by atoms with Crippen molar-refractivity contribution in [1.29, 1.82) is 0 Å². The molecule has 0 amide bonds. The number of hydrogen-bond donors (Lipinski definition) is 0. The van der Waals surface area contributed by atoms with Gasteiger partial charge in [-0.1, -0.05) is 120 Å². The summed E-state index contributed by atoms with van der Waals surface area (Å²) in [6.45, 7) is 29.1. The van der Waals surface area contributed by atoms with Crippen LogP contribution in [0.2, 0.25) is 0 Å². The minimum atomic E-state index is -2.46. The number of rotatable bonds is 5. The number of aromatic nitrogens is 1. The maximum absolute atomic E-state index is 7.17. The molecule has 0 aliphatic carbocycles. The SMILES string of the molecule is CCN(CC)P1(=S)c2cc(C)ccc2N2c3ccc(C)cc3P(C)(=S)c3cc(-c4ccc(-n5c6ccc(C(C)(C)C)cc6c6cc(C(C)(C)C)ccc65)c(C)c4)cc1c32. The van der Waals surface area contributed by atoms with Gasteiger partial charge in [0.05, 0.1) is 34.3 Å². The number of fused-ring (bicyclic) bond motifs is 7. The molecular weight excluding hydrogens is 793 g/mol. The molecule has 2 aliphatic rings. The Balaban J connectivity index is 1.29. The highest BCUT2D eigenvalue weighted by molar-refractivity contribution is 8.22. The molecule has 2 aliphatic heterocycles. The molecule has 0 bridgehead atoms. The summed E-state index contributed by atoms with van der Waals surface area (Å²) in [5.41, 5.74) is 16.3. The first-order chi connectivity index (χ1) is 27.8. The van der Waals surface area contributed by atoms with Gasteiger partial charge in [0, 0.05) is 56.8 Å². The van der Waals surface area contributed by atoms with E-state index >= 15 is 0 Å². The molecule has 2 atom stereocenters. The molecule has 0 spiro atoms. The largest absolute Gasteiger partial charge is 0.309 e. The van der Waals surface area contributed by atoms with E-state index in [0.717, 1.165) is 13.1 Å². The fourth-order valence-corrected chi connectivity index (χ4v) is 17.8. The highest BCUT2D eigenvalue weighted by atomic mass is 32.4. The molecule has 0 radical (unpaired) electrons. The monoisotopic (exact) mass is 849 g/mol. The second kappa shape index (κ2) is 13.9. The van der Waals surface area contributed by atoms with E-state index in [1.54, 1.807) is 0 Å². The second-order valence-corrected chi connectivity index (χ2v) is 28.4. The van der Waals surface area contributed by atoms with Crippen molar-refractivity contribution >= 4 is 95.9 Å². The Hall–Kier alpha value is -3.82. The van der Waals surface area contributed by atoms with Gasteiger partial charge in [-0.15, -0.1) is 0 Å². The molecule has 0 saturated heterocycles. The van der Waals surface area contributed by atoms with Gasteiger partial charge in [-0.3, -0.25) is 4.67 Å². The van der Waals surface area contributed by atoms with Gasteiger partial charge < -0.3 is 9.47 Å². The number of hydrogen-bond acceptors (Lipinski definition) is 3. The Bertz CT molecular complexity index is 2940. The van der Waals surface area contributed by atoms with Crippen LogP contribution in [-0.2, 0) is 34.4 Å². The van der Waals surface area contributed by atoms with Gasteiger partial charge in [-0.05, 0) is 139 Å². The molecule has 7 aromatic rings. The first-order valence-electron chi connectivity index (χ1n) is 21.1. The minimum Gasteiger partial charge on any atom is -0.309 e. The van der Waals surface area contributed by atoms with E-state index in [0.29, 0.717) is 0 Å². The number of aryl methyl sites for hydroxylation is 3. The zero-order valence-corrected chi connectivity index (χ0v) is 40.2. The Kier molecular flexibility index (Phi) is 9.53.